The van der Waals surface area contributed by atoms with Crippen LogP contribution in [0.15, 0.2) is 60.7 Å². The molecule has 0 bridgehead atoms. The SMILES string of the molecule is CCN1CCC(N(C)C(=O)CC(NC(=O)c2ccccc2)c2ccccc2)CC1. The van der Waals surface area contributed by atoms with E-state index >= 15 is 0 Å². The molecule has 154 valence electrons. The van der Waals surface area contributed by atoms with E-state index in [0.717, 1.165) is 38.0 Å². The van der Waals surface area contributed by atoms with Gasteiger partial charge in [-0.1, -0.05) is 55.5 Å². The number of hydrogen-bond acceptors (Lipinski definition) is 3. The smallest absolute Gasteiger partial charge is 0.251 e. The van der Waals surface area contributed by atoms with Gasteiger partial charge < -0.3 is 15.1 Å². The zero-order chi connectivity index (χ0) is 20.6. The molecular weight excluding hydrogens is 362 g/mol. The van der Waals surface area contributed by atoms with E-state index in [0.29, 0.717) is 5.56 Å². The Balaban J connectivity index is 1.68. The van der Waals surface area contributed by atoms with E-state index in [1.54, 1.807) is 12.1 Å². The van der Waals surface area contributed by atoms with Gasteiger partial charge in [0.15, 0.2) is 0 Å². The third-order valence-electron chi connectivity index (χ3n) is 5.87. The Hall–Kier alpha value is -2.66. The third kappa shape index (κ3) is 5.67. The van der Waals surface area contributed by atoms with Gasteiger partial charge in [-0.2, -0.15) is 0 Å². The molecule has 1 saturated heterocycles. The second-order valence-corrected chi connectivity index (χ2v) is 7.68. The Kier molecular flexibility index (Phi) is 7.42. The molecule has 0 saturated carbocycles. The maximum absolute atomic E-state index is 13.1. The van der Waals surface area contributed by atoms with E-state index in [1.165, 1.54) is 0 Å². The van der Waals surface area contributed by atoms with Crippen molar-refractivity contribution in [1.29, 1.82) is 0 Å². The molecule has 0 radical (unpaired) electrons. The third-order valence-corrected chi connectivity index (χ3v) is 5.87. The van der Waals surface area contributed by atoms with E-state index in [-0.39, 0.29) is 30.3 Å². The largest absolute Gasteiger partial charge is 0.345 e. The number of carbonyl (C=O) groups excluding carboxylic acids is 2. The highest BCUT2D eigenvalue weighted by molar-refractivity contribution is 5.94. The molecule has 0 spiro atoms. The summed E-state index contributed by atoms with van der Waals surface area (Å²) in [4.78, 5) is 30.1. The van der Waals surface area contributed by atoms with Crippen LogP contribution in [-0.4, -0.2) is 54.3 Å². The molecule has 1 fully saturated rings. The molecule has 1 atom stereocenters. The van der Waals surface area contributed by atoms with E-state index in [9.17, 15) is 9.59 Å². The number of piperidine rings is 1. The summed E-state index contributed by atoms with van der Waals surface area (Å²) < 4.78 is 0. The molecule has 1 unspecified atom stereocenters. The molecule has 2 aromatic carbocycles. The summed E-state index contributed by atoms with van der Waals surface area (Å²) in [6.45, 7) is 5.30. The highest BCUT2D eigenvalue weighted by Gasteiger charge is 2.27. The summed E-state index contributed by atoms with van der Waals surface area (Å²) in [5, 5.41) is 3.06. The lowest BCUT2D eigenvalue weighted by atomic mass is 10.00. The van der Waals surface area contributed by atoms with Gasteiger partial charge in [0, 0.05) is 31.7 Å². The standard InChI is InChI=1S/C24H31N3O2/c1-3-27-16-14-21(15-17-27)26(2)23(28)18-22(19-10-6-4-7-11-19)25-24(29)20-12-8-5-9-13-20/h4-13,21-22H,3,14-18H2,1-2H3,(H,25,29). The lowest BCUT2D eigenvalue weighted by molar-refractivity contribution is -0.133. The van der Waals surface area contributed by atoms with Gasteiger partial charge in [-0.25, -0.2) is 0 Å². The molecule has 5 nitrogen and oxygen atoms in total. The second kappa shape index (κ2) is 10.2. The van der Waals surface area contributed by atoms with Crippen molar-refractivity contribution >= 4 is 11.8 Å². The van der Waals surface area contributed by atoms with Crippen molar-refractivity contribution in [3.05, 3.63) is 71.8 Å². The molecule has 0 aromatic heterocycles. The summed E-state index contributed by atoms with van der Waals surface area (Å²) in [6, 6.07) is 18.8. The average molecular weight is 394 g/mol. The molecular formula is C24H31N3O2. The minimum atomic E-state index is -0.352. The summed E-state index contributed by atoms with van der Waals surface area (Å²) in [5.41, 5.74) is 1.54. The Morgan fingerprint density at radius 3 is 2.21 bits per heavy atom. The van der Waals surface area contributed by atoms with Crippen molar-refractivity contribution < 1.29 is 9.59 Å². The van der Waals surface area contributed by atoms with E-state index in [1.807, 2.05) is 60.5 Å². The predicted molar refractivity (Wildman–Crippen MR) is 116 cm³/mol. The Bertz CT molecular complexity index is 786. The first-order valence-corrected chi connectivity index (χ1v) is 10.5. The molecule has 1 aliphatic rings. The molecule has 1 heterocycles. The van der Waals surface area contributed by atoms with Gasteiger partial charge in [-0.15, -0.1) is 0 Å². The van der Waals surface area contributed by atoms with Crippen molar-refractivity contribution in [2.75, 3.05) is 26.7 Å². The quantitative estimate of drug-likeness (QED) is 0.783. The van der Waals surface area contributed by atoms with Crippen LogP contribution in [0.3, 0.4) is 0 Å². The topological polar surface area (TPSA) is 52.6 Å². The first-order chi connectivity index (χ1) is 14.1. The van der Waals surface area contributed by atoms with E-state index in [2.05, 4.69) is 17.1 Å². The number of hydrogen-bond donors (Lipinski definition) is 1. The van der Waals surface area contributed by atoms with Crippen LogP contribution in [-0.2, 0) is 4.79 Å². The number of amides is 2. The maximum atomic E-state index is 13.1. The minimum absolute atomic E-state index is 0.0714. The average Bonchev–Trinajstić information content (AvgIpc) is 2.79. The Morgan fingerprint density at radius 1 is 1.03 bits per heavy atom. The minimum Gasteiger partial charge on any atom is -0.345 e. The number of carbonyl (C=O) groups is 2. The normalized spacial score (nSPS) is 16.2. The van der Waals surface area contributed by atoms with Gasteiger partial charge in [0.05, 0.1) is 12.5 Å². The predicted octanol–water partition coefficient (Wildman–Crippen LogP) is 3.49. The Labute approximate surface area is 173 Å². The Morgan fingerprint density at radius 2 is 1.62 bits per heavy atom. The fourth-order valence-corrected chi connectivity index (χ4v) is 3.91. The molecule has 1 aliphatic heterocycles. The van der Waals surface area contributed by atoms with Crippen LogP contribution >= 0.6 is 0 Å². The van der Waals surface area contributed by atoms with Gasteiger partial charge in [0.1, 0.15) is 0 Å². The number of likely N-dealkylation sites (tertiary alicyclic amines) is 1. The van der Waals surface area contributed by atoms with Crippen LogP contribution in [0.4, 0.5) is 0 Å². The fourth-order valence-electron chi connectivity index (χ4n) is 3.91. The second-order valence-electron chi connectivity index (χ2n) is 7.68. The van der Waals surface area contributed by atoms with E-state index < -0.39 is 0 Å². The zero-order valence-corrected chi connectivity index (χ0v) is 17.4. The van der Waals surface area contributed by atoms with Crippen LogP contribution in [0.25, 0.3) is 0 Å². The first-order valence-electron chi connectivity index (χ1n) is 10.5. The molecule has 29 heavy (non-hydrogen) atoms. The van der Waals surface area contributed by atoms with Crippen molar-refractivity contribution in [1.82, 2.24) is 15.1 Å². The molecule has 2 aromatic rings. The zero-order valence-electron chi connectivity index (χ0n) is 17.4. The number of rotatable bonds is 7. The summed E-state index contributed by atoms with van der Waals surface area (Å²) in [7, 11) is 1.90. The van der Waals surface area contributed by atoms with Crippen molar-refractivity contribution in [3.8, 4) is 0 Å². The maximum Gasteiger partial charge on any atom is 0.251 e. The first kappa shape index (κ1) is 21.1. The molecule has 1 N–H and O–H groups in total. The molecule has 0 aliphatic carbocycles. The summed E-state index contributed by atoms with van der Waals surface area (Å²) in [6.07, 6.45) is 2.26. The van der Waals surface area contributed by atoms with Crippen LogP contribution in [0.1, 0.15) is 48.1 Å². The van der Waals surface area contributed by atoms with Gasteiger partial charge in [-0.05, 0) is 37.1 Å². The summed E-state index contributed by atoms with van der Waals surface area (Å²) in [5.74, 6) is -0.0895. The fraction of sp³-hybridized carbons (Fsp3) is 0.417. The monoisotopic (exact) mass is 393 g/mol. The lowest BCUT2D eigenvalue weighted by Crippen LogP contribution is -2.46. The number of benzene rings is 2. The van der Waals surface area contributed by atoms with Crippen molar-refractivity contribution in [2.24, 2.45) is 0 Å². The molecule has 5 heteroatoms. The lowest BCUT2D eigenvalue weighted by Gasteiger charge is -2.36. The number of nitrogens with zero attached hydrogens (tertiary/aromatic N) is 2. The van der Waals surface area contributed by atoms with Gasteiger partial charge in [0.2, 0.25) is 5.91 Å². The van der Waals surface area contributed by atoms with Crippen LogP contribution in [0.2, 0.25) is 0 Å². The van der Waals surface area contributed by atoms with E-state index in [4.69, 9.17) is 0 Å². The summed E-state index contributed by atoms with van der Waals surface area (Å²) >= 11 is 0. The highest BCUT2D eigenvalue weighted by atomic mass is 16.2. The van der Waals surface area contributed by atoms with Crippen LogP contribution < -0.4 is 5.32 Å². The van der Waals surface area contributed by atoms with Crippen molar-refractivity contribution in [2.45, 2.75) is 38.3 Å². The van der Waals surface area contributed by atoms with Gasteiger partial charge >= 0.3 is 0 Å². The van der Waals surface area contributed by atoms with Crippen LogP contribution in [0.5, 0.6) is 0 Å². The van der Waals surface area contributed by atoms with Gasteiger partial charge in [0.25, 0.3) is 5.91 Å². The molecule has 2 amide bonds. The van der Waals surface area contributed by atoms with Crippen LogP contribution in [0, 0.1) is 0 Å². The van der Waals surface area contributed by atoms with Crippen molar-refractivity contribution in [3.63, 3.8) is 0 Å². The van der Waals surface area contributed by atoms with Gasteiger partial charge in [-0.3, -0.25) is 9.59 Å². The molecule has 3 rings (SSSR count). The highest BCUT2D eigenvalue weighted by Crippen LogP contribution is 2.21. The number of nitrogens with one attached hydrogen (secondary N) is 1.